The van der Waals surface area contributed by atoms with Crippen LogP contribution in [-0.2, 0) is 30.3 Å². The average Bonchev–Trinajstić information content (AvgIpc) is 3.58. The summed E-state index contributed by atoms with van der Waals surface area (Å²) in [7, 11) is 0. The highest BCUT2D eigenvalue weighted by atomic mass is 19.1. The number of esters is 1. The van der Waals surface area contributed by atoms with Gasteiger partial charge in [0.15, 0.2) is 11.5 Å². The fraction of sp³-hybridized carbons (Fsp3) is 0.484. The van der Waals surface area contributed by atoms with Gasteiger partial charge in [-0.05, 0) is 56.7 Å². The Morgan fingerprint density at radius 2 is 1.91 bits per heavy atom. The molecule has 1 saturated heterocycles. The van der Waals surface area contributed by atoms with E-state index in [-0.39, 0.29) is 55.1 Å². The number of amides is 3. The van der Waals surface area contributed by atoms with Gasteiger partial charge in [-0.1, -0.05) is 37.2 Å². The van der Waals surface area contributed by atoms with Gasteiger partial charge < -0.3 is 25.2 Å². The van der Waals surface area contributed by atoms with E-state index < -0.39 is 41.6 Å². The molecule has 232 valence electrons. The smallest absolute Gasteiger partial charge is 0.330 e. The van der Waals surface area contributed by atoms with Crippen LogP contribution in [0.1, 0.15) is 61.8 Å². The first-order valence-electron chi connectivity index (χ1n) is 14.4. The molecule has 3 rings (SSSR count). The van der Waals surface area contributed by atoms with E-state index in [1.54, 1.807) is 27.7 Å². The van der Waals surface area contributed by atoms with Gasteiger partial charge in [0, 0.05) is 43.0 Å². The molecular weight excluding hydrogens is 559 g/mol. The molecule has 0 spiro atoms. The van der Waals surface area contributed by atoms with Crippen LogP contribution in [0.4, 0.5) is 4.39 Å². The maximum atomic E-state index is 13.7. The summed E-state index contributed by atoms with van der Waals surface area (Å²) < 4.78 is 23.5. The number of carbonyl (C=O) groups excluding carboxylic acids is 5. The zero-order valence-electron chi connectivity index (χ0n) is 24.9. The van der Waals surface area contributed by atoms with Crippen molar-refractivity contribution in [1.29, 1.82) is 0 Å². The van der Waals surface area contributed by atoms with Crippen LogP contribution in [0.25, 0.3) is 0 Å². The number of ketones is 1. The molecule has 0 saturated carbocycles. The van der Waals surface area contributed by atoms with Gasteiger partial charge in [-0.3, -0.25) is 19.2 Å². The lowest BCUT2D eigenvalue weighted by molar-refractivity contribution is -0.137. The molecule has 3 N–H and O–H groups in total. The van der Waals surface area contributed by atoms with Crippen LogP contribution in [0.15, 0.2) is 47.0 Å². The molecule has 1 aliphatic heterocycles. The minimum Gasteiger partial charge on any atom is -0.463 e. The topological polar surface area (TPSA) is 157 Å². The number of ether oxygens (including phenoxy) is 1. The van der Waals surface area contributed by atoms with Crippen LogP contribution in [0.5, 0.6) is 0 Å². The van der Waals surface area contributed by atoms with Gasteiger partial charge in [-0.25, -0.2) is 9.18 Å². The third-order valence-corrected chi connectivity index (χ3v) is 7.15. The van der Waals surface area contributed by atoms with Crippen LogP contribution in [0, 0.1) is 30.5 Å². The van der Waals surface area contributed by atoms with E-state index in [1.165, 1.54) is 42.5 Å². The molecule has 1 unspecified atom stereocenters. The number of halogens is 1. The predicted molar refractivity (Wildman–Crippen MR) is 154 cm³/mol. The van der Waals surface area contributed by atoms with Gasteiger partial charge in [0.05, 0.1) is 12.6 Å². The second-order valence-electron chi connectivity index (χ2n) is 11.0. The zero-order chi connectivity index (χ0) is 31.5. The van der Waals surface area contributed by atoms with Crippen molar-refractivity contribution in [3.8, 4) is 0 Å². The van der Waals surface area contributed by atoms with Crippen molar-refractivity contribution in [3.05, 3.63) is 65.3 Å². The Bertz CT molecular complexity index is 1320. The standard InChI is InChI=1S/C31H39FN4O7/c1-5-42-27(38)11-10-24(16-21-12-13-33-29(21)39)34-30(40)22(15-20-6-8-23(32)9-7-20)17-26(37)28(18(2)3)35-31(41)25-14-19(4)43-36-25/h6-11,14,18,21-22,24,28H,5,12-13,15-17H2,1-4H3,(H,33,39)(H,34,40)(H,35,41)/b11-10+/t21?,22-,24-,28+/m1/s1. The molecule has 0 radical (unpaired) electrons. The predicted octanol–water partition coefficient (Wildman–Crippen LogP) is 2.82. The summed E-state index contributed by atoms with van der Waals surface area (Å²) in [5, 5.41) is 12.1. The molecule has 43 heavy (non-hydrogen) atoms. The van der Waals surface area contributed by atoms with Crippen molar-refractivity contribution in [2.24, 2.45) is 17.8 Å². The fourth-order valence-corrected chi connectivity index (χ4v) is 4.89. The summed E-state index contributed by atoms with van der Waals surface area (Å²) >= 11 is 0. The minimum absolute atomic E-state index is 0.0312. The number of Topliss-reactive ketones (excluding diaryl/α,β-unsaturated/α-hetero) is 1. The monoisotopic (exact) mass is 598 g/mol. The van der Waals surface area contributed by atoms with Crippen LogP contribution in [0.3, 0.4) is 0 Å². The quantitative estimate of drug-likeness (QED) is 0.209. The summed E-state index contributed by atoms with van der Waals surface area (Å²) in [6, 6.07) is 5.45. The molecule has 3 amide bonds. The Morgan fingerprint density at radius 1 is 1.19 bits per heavy atom. The molecule has 1 fully saturated rings. The van der Waals surface area contributed by atoms with Crippen molar-refractivity contribution in [2.45, 2.75) is 65.5 Å². The highest BCUT2D eigenvalue weighted by Gasteiger charge is 2.32. The van der Waals surface area contributed by atoms with Gasteiger partial charge in [-0.15, -0.1) is 0 Å². The lowest BCUT2D eigenvalue weighted by atomic mass is 9.87. The molecule has 4 atom stereocenters. The van der Waals surface area contributed by atoms with Crippen LogP contribution >= 0.6 is 0 Å². The summed E-state index contributed by atoms with van der Waals surface area (Å²) in [4.78, 5) is 64.3. The van der Waals surface area contributed by atoms with Gasteiger partial charge in [0.2, 0.25) is 11.8 Å². The van der Waals surface area contributed by atoms with Crippen molar-refractivity contribution < 1.29 is 37.6 Å². The largest absolute Gasteiger partial charge is 0.463 e. The van der Waals surface area contributed by atoms with Crippen molar-refractivity contribution in [2.75, 3.05) is 13.2 Å². The normalized spacial score (nSPS) is 16.9. The van der Waals surface area contributed by atoms with Crippen LogP contribution in [0.2, 0.25) is 0 Å². The number of rotatable bonds is 15. The number of carbonyl (C=O) groups is 5. The Balaban J connectivity index is 1.82. The van der Waals surface area contributed by atoms with E-state index >= 15 is 0 Å². The lowest BCUT2D eigenvalue weighted by Crippen LogP contribution is -2.47. The van der Waals surface area contributed by atoms with E-state index in [2.05, 4.69) is 21.1 Å². The molecule has 12 heteroatoms. The summed E-state index contributed by atoms with van der Waals surface area (Å²) in [6.45, 7) is 7.55. The number of nitrogens with one attached hydrogen (secondary N) is 3. The molecule has 2 heterocycles. The van der Waals surface area contributed by atoms with Gasteiger partial charge >= 0.3 is 5.97 Å². The molecule has 1 aliphatic rings. The molecule has 1 aromatic carbocycles. The third-order valence-electron chi connectivity index (χ3n) is 7.15. The first-order valence-corrected chi connectivity index (χ1v) is 14.4. The number of aromatic nitrogens is 1. The second kappa shape index (κ2) is 15.8. The summed E-state index contributed by atoms with van der Waals surface area (Å²) in [6.07, 6.45) is 3.38. The minimum atomic E-state index is -0.922. The highest BCUT2D eigenvalue weighted by Crippen LogP contribution is 2.21. The molecule has 11 nitrogen and oxygen atoms in total. The van der Waals surface area contributed by atoms with E-state index in [0.717, 1.165) is 0 Å². The Labute approximate surface area is 250 Å². The number of aryl methyl sites for hydroxylation is 1. The summed E-state index contributed by atoms with van der Waals surface area (Å²) in [5.41, 5.74) is 0.662. The van der Waals surface area contributed by atoms with Gasteiger partial charge in [-0.2, -0.15) is 0 Å². The van der Waals surface area contributed by atoms with E-state index in [9.17, 15) is 28.4 Å². The van der Waals surface area contributed by atoms with Crippen molar-refractivity contribution >= 4 is 29.5 Å². The van der Waals surface area contributed by atoms with Crippen LogP contribution < -0.4 is 16.0 Å². The molecule has 1 aromatic heterocycles. The number of hydrogen-bond acceptors (Lipinski definition) is 8. The summed E-state index contributed by atoms with van der Waals surface area (Å²) in [5.74, 6) is -3.75. The molecule has 2 aromatic rings. The highest BCUT2D eigenvalue weighted by molar-refractivity contribution is 5.97. The zero-order valence-corrected chi connectivity index (χ0v) is 24.9. The van der Waals surface area contributed by atoms with E-state index in [1.807, 2.05) is 0 Å². The van der Waals surface area contributed by atoms with Gasteiger partial charge in [0.1, 0.15) is 11.6 Å². The molecular formula is C31H39FN4O7. The first-order chi connectivity index (χ1) is 20.5. The second-order valence-corrected chi connectivity index (χ2v) is 11.0. The van der Waals surface area contributed by atoms with E-state index in [4.69, 9.17) is 9.26 Å². The maximum Gasteiger partial charge on any atom is 0.330 e. The van der Waals surface area contributed by atoms with E-state index in [0.29, 0.717) is 24.3 Å². The SMILES string of the molecule is CCOC(=O)/C=C/[C@H](CC1CCNC1=O)NC(=O)[C@@H](CC(=O)[C@@H](NC(=O)c1cc(C)on1)C(C)C)Cc1ccc(F)cc1. The average molecular weight is 599 g/mol. The number of hydrogen-bond donors (Lipinski definition) is 3. The third kappa shape index (κ3) is 10.2. The van der Waals surface area contributed by atoms with Crippen LogP contribution in [-0.4, -0.2) is 59.9 Å². The first kappa shape index (κ1) is 33.2. The van der Waals surface area contributed by atoms with Crippen molar-refractivity contribution in [3.63, 3.8) is 0 Å². The fourth-order valence-electron chi connectivity index (χ4n) is 4.89. The lowest BCUT2D eigenvalue weighted by Gasteiger charge is -2.25. The van der Waals surface area contributed by atoms with Crippen molar-refractivity contribution in [1.82, 2.24) is 21.1 Å². The number of benzene rings is 1. The Hall–Kier alpha value is -4.35. The Kier molecular flexibility index (Phi) is 12.2. The number of nitrogens with zero attached hydrogens (tertiary/aromatic N) is 1. The van der Waals surface area contributed by atoms with Gasteiger partial charge in [0.25, 0.3) is 5.91 Å². The molecule has 0 bridgehead atoms. The maximum absolute atomic E-state index is 13.7. The molecule has 0 aliphatic carbocycles. The Morgan fingerprint density at radius 3 is 2.49 bits per heavy atom.